The number of carboxylic acid groups (broad SMARTS) is 1. The zero-order chi connectivity index (χ0) is 18.0. The highest BCUT2D eigenvalue weighted by molar-refractivity contribution is 6.31. The van der Waals surface area contributed by atoms with E-state index in [1.165, 1.54) is 33.1 Å². The molecule has 0 radical (unpaired) electrons. The molecule has 0 saturated heterocycles. The molecule has 8 heteroatoms. The van der Waals surface area contributed by atoms with Crippen LogP contribution in [0.3, 0.4) is 0 Å². The summed E-state index contributed by atoms with van der Waals surface area (Å²) in [6.07, 6.45) is 0. The monoisotopic (exact) mass is 350 g/mol. The molecule has 0 unspecified atom stereocenters. The lowest BCUT2D eigenvalue weighted by molar-refractivity contribution is -0.140. The number of hydrogen-bond donors (Lipinski definition) is 1. The number of aliphatic carboxylic acids is 1. The predicted octanol–water partition coefficient (Wildman–Crippen LogP) is 2.42. The van der Waals surface area contributed by atoms with Crippen molar-refractivity contribution in [1.29, 1.82) is 0 Å². The topological polar surface area (TPSA) is 98.5 Å². The second-order valence-corrected chi connectivity index (χ2v) is 5.55. The third-order valence-electron chi connectivity index (χ3n) is 3.49. The van der Waals surface area contributed by atoms with E-state index < -0.39 is 17.6 Å². The van der Waals surface area contributed by atoms with Gasteiger partial charge in [-0.3, -0.25) is 9.59 Å². The third-order valence-corrected chi connectivity index (χ3v) is 3.73. The van der Waals surface area contributed by atoms with Crippen molar-refractivity contribution in [3.63, 3.8) is 0 Å². The Hall–Kier alpha value is -2.67. The first kappa shape index (κ1) is 17.7. The molecule has 0 fully saturated rings. The molecule has 1 heterocycles. The van der Waals surface area contributed by atoms with Crippen LogP contribution in [0.25, 0.3) is 11.1 Å². The van der Waals surface area contributed by atoms with Crippen LogP contribution in [-0.4, -0.2) is 33.7 Å². The Balaban J connectivity index is 2.75. The lowest BCUT2D eigenvalue weighted by Gasteiger charge is -2.15. The molecule has 1 N–H and O–H groups in total. The molecule has 0 aliphatic heterocycles. The molecule has 1 aromatic heterocycles. The number of rotatable bonds is 5. The molecule has 2 rings (SSSR count). The number of halogens is 1. The molecule has 0 saturated carbocycles. The molecular weight excluding hydrogens is 336 g/mol. The van der Waals surface area contributed by atoms with Gasteiger partial charge in [0.25, 0.3) is 5.56 Å². The number of aromatic nitrogens is 2. The van der Waals surface area contributed by atoms with Crippen LogP contribution in [0.15, 0.2) is 29.1 Å². The van der Waals surface area contributed by atoms with Crippen LogP contribution >= 0.6 is 11.6 Å². The Morgan fingerprint density at radius 1 is 1.29 bits per heavy atom. The Morgan fingerprint density at radius 3 is 2.50 bits per heavy atom. The van der Waals surface area contributed by atoms with Crippen molar-refractivity contribution in [1.82, 2.24) is 9.78 Å². The molecule has 0 aliphatic carbocycles. The lowest BCUT2D eigenvalue weighted by Crippen LogP contribution is -2.30. The first-order chi connectivity index (χ1) is 11.3. The summed E-state index contributed by atoms with van der Waals surface area (Å²) in [5.41, 5.74) is 0.383. The average molecular weight is 351 g/mol. The fraction of sp³-hybridized carbons (Fsp3) is 0.250. The van der Waals surface area contributed by atoms with Gasteiger partial charge >= 0.3 is 5.97 Å². The number of carboxylic acids is 1. The fourth-order valence-corrected chi connectivity index (χ4v) is 2.40. The Bertz CT molecular complexity index is 875. The van der Waals surface area contributed by atoms with Crippen molar-refractivity contribution < 1.29 is 19.4 Å². The number of carbonyl (C=O) groups is 2. The van der Waals surface area contributed by atoms with E-state index in [2.05, 4.69) is 5.10 Å². The van der Waals surface area contributed by atoms with Gasteiger partial charge in [-0.05, 0) is 37.6 Å². The number of ketones is 1. The van der Waals surface area contributed by atoms with E-state index in [0.717, 1.165) is 4.68 Å². The van der Waals surface area contributed by atoms with Crippen molar-refractivity contribution >= 4 is 23.4 Å². The van der Waals surface area contributed by atoms with Gasteiger partial charge in [-0.25, -0.2) is 9.48 Å². The van der Waals surface area contributed by atoms with Crippen molar-refractivity contribution in [2.75, 3.05) is 7.11 Å². The summed E-state index contributed by atoms with van der Waals surface area (Å²) in [6, 6.07) is 4.67. The number of hydrogen-bond acceptors (Lipinski definition) is 5. The molecule has 7 nitrogen and oxygen atoms in total. The fourth-order valence-electron chi connectivity index (χ4n) is 2.22. The van der Waals surface area contributed by atoms with Gasteiger partial charge in [0.15, 0.2) is 11.8 Å². The number of ether oxygens (including phenoxy) is 1. The number of methoxy groups -OCH3 is 1. The maximum Gasteiger partial charge on any atom is 0.328 e. The predicted molar refractivity (Wildman–Crippen MR) is 87.8 cm³/mol. The Morgan fingerprint density at radius 2 is 1.96 bits per heavy atom. The second-order valence-electron chi connectivity index (χ2n) is 5.11. The van der Waals surface area contributed by atoms with Crippen LogP contribution in [-0.2, 0) is 4.79 Å². The summed E-state index contributed by atoms with van der Waals surface area (Å²) in [5.74, 6) is -1.40. The highest BCUT2D eigenvalue weighted by atomic mass is 35.5. The summed E-state index contributed by atoms with van der Waals surface area (Å²) in [4.78, 5) is 35.2. The molecule has 2 aromatic rings. The van der Waals surface area contributed by atoms with Crippen molar-refractivity contribution in [3.05, 3.63) is 45.2 Å². The van der Waals surface area contributed by atoms with Gasteiger partial charge < -0.3 is 9.84 Å². The molecule has 0 aliphatic rings. The van der Waals surface area contributed by atoms with E-state index in [-0.39, 0.29) is 17.2 Å². The minimum Gasteiger partial charge on any atom is -0.480 e. The van der Waals surface area contributed by atoms with Gasteiger partial charge in [0.2, 0.25) is 5.88 Å². The summed E-state index contributed by atoms with van der Waals surface area (Å²) in [7, 11) is 1.34. The SMILES string of the molecule is COc1nn([C@@H](C)C(=O)O)c(=O)cc1-c1cc(Cl)ccc1C(C)=O. The van der Waals surface area contributed by atoms with E-state index in [4.69, 9.17) is 21.4 Å². The normalized spacial score (nSPS) is 11.8. The van der Waals surface area contributed by atoms with Gasteiger partial charge in [-0.2, -0.15) is 0 Å². The minimum atomic E-state index is -1.20. The molecule has 0 amide bonds. The summed E-state index contributed by atoms with van der Waals surface area (Å²) in [5, 5.41) is 13.4. The Kier molecular flexibility index (Phi) is 5.04. The van der Waals surface area contributed by atoms with Crippen molar-refractivity contribution in [2.24, 2.45) is 0 Å². The highest BCUT2D eigenvalue weighted by Gasteiger charge is 2.21. The third kappa shape index (κ3) is 3.30. The van der Waals surface area contributed by atoms with Gasteiger partial charge in [0, 0.05) is 16.7 Å². The van der Waals surface area contributed by atoms with Gasteiger partial charge in [0.1, 0.15) is 0 Å². The number of benzene rings is 1. The number of Topliss-reactive ketones (excluding diaryl/α,β-unsaturated/α-hetero) is 1. The standard InChI is InChI=1S/C16H15ClN2O5/c1-8(16(22)23)19-14(21)7-13(15(18-19)24-3)12-6-10(17)4-5-11(12)9(2)20/h4-8H,1-3H3,(H,22,23)/t8-/m0/s1. The van der Waals surface area contributed by atoms with Gasteiger partial charge in [-0.1, -0.05) is 11.6 Å². The van der Waals surface area contributed by atoms with Crippen LogP contribution in [0.2, 0.25) is 5.02 Å². The molecule has 0 spiro atoms. The van der Waals surface area contributed by atoms with Crippen LogP contribution in [0.1, 0.15) is 30.2 Å². The summed E-state index contributed by atoms with van der Waals surface area (Å²) < 4.78 is 5.99. The maximum atomic E-state index is 12.3. The van der Waals surface area contributed by atoms with Crippen molar-refractivity contribution in [2.45, 2.75) is 19.9 Å². The zero-order valence-electron chi connectivity index (χ0n) is 13.2. The molecular formula is C16H15ClN2O5. The number of carbonyl (C=O) groups excluding carboxylic acids is 1. The van der Waals surface area contributed by atoms with Gasteiger partial charge in [-0.15, -0.1) is 5.10 Å². The van der Waals surface area contributed by atoms with E-state index in [1.807, 2.05) is 0 Å². The average Bonchev–Trinajstić information content (AvgIpc) is 2.53. The van der Waals surface area contributed by atoms with Crippen LogP contribution in [0.4, 0.5) is 0 Å². The summed E-state index contributed by atoms with van der Waals surface area (Å²) in [6.45, 7) is 2.72. The minimum absolute atomic E-state index is 0.0208. The van der Waals surface area contributed by atoms with E-state index in [0.29, 0.717) is 16.1 Å². The smallest absolute Gasteiger partial charge is 0.328 e. The van der Waals surface area contributed by atoms with E-state index in [9.17, 15) is 14.4 Å². The van der Waals surface area contributed by atoms with E-state index >= 15 is 0 Å². The lowest BCUT2D eigenvalue weighted by atomic mass is 9.98. The molecule has 24 heavy (non-hydrogen) atoms. The number of nitrogens with zero attached hydrogens (tertiary/aromatic N) is 2. The van der Waals surface area contributed by atoms with Crippen LogP contribution < -0.4 is 10.3 Å². The highest BCUT2D eigenvalue weighted by Crippen LogP contribution is 2.32. The van der Waals surface area contributed by atoms with Crippen LogP contribution in [0.5, 0.6) is 5.88 Å². The van der Waals surface area contributed by atoms with E-state index in [1.54, 1.807) is 12.1 Å². The molecule has 1 atom stereocenters. The first-order valence-electron chi connectivity index (χ1n) is 6.97. The molecule has 126 valence electrons. The summed E-state index contributed by atoms with van der Waals surface area (Å²) >= 11 is 6.00. The Labute approximate surface area is 142 Å². The van der Waals surface area contributed by atoms with Gasteiger partial charge in [0.05, 0.1) is 12.7 Å². The van der Waals surface area contributed by atoms with Crippen molar-refractivity contribution in [3.8, 4) is 17.0 Å². The first-order valence-corrected chi connectivity index (χ1v) is 7.35. The quantitative estimate of drug-likeness (QED) is 0.831. The zero-order valence-corrected chi connectivity index (χ0v) is 14.0. The molecule has 0 bridgehead atoms. The largest absolute Gasteiger partial charge is 0.480 e. The maximum absolute atomic E-state index is 12.3. The second kappa shape index (κ2) is 6.84. The molecule has 1 aromatic carbocycles. The van der Waals surface area contributed by atoms with Crippen LogP contribution in [0, 0.1) is 0 Å².